The molecule has 0 heterocycles. The van der Waals surface area contributed by atoms with Gasteiger partial charge >= 0.3 is 0 Å². The van der Waals surface area contributed by atoms with Crippen molar-refractivity contribution >= 4 is 11.6 Å². The van der Waals surface area contributed by atoms with E-state index in [2.05, 4.69) is 0 Å². The summed E-state index contributed by atoms with van der Waals surface area (Å²) in [5.41, 5.74) is 2.24. The van der Waals surface area contributed by atoms with E-state index in [1.807, 2.05) is 26.0 Å². The fourth-order valence-electron chi connectivity index (χ4n) is 1.16. The van der Waals surface area contributed by atoms with E-state index in [1.165, 1.54) is 0 Å². The van der Waals surface area contributed by atoms with Gasteiger partial charge in [0.05, 0.1) is 12.1 Å². The molecule has 0 aromatic heterocycles. The molecule has 2 heteroatoms. The lowest BCUT2D eigenvalue weighted by Gasteiger charge is -2.07. The highest BCUT2D eigenvalue weighted by molar-refractivity contribution is 6.32. The van der Waals surface area contributed by atoms with E-state index in [1.54, 1.807) is 7.11 Å². The summed E-state index contributed by atoms with van der Waals surface area (Å²) < 4.78 is 5.10. The first kappa shape index (κ1) is 8.41. The molecule has 0 aliphatic rings. The highest BCUT2D eigenvalue weighted by atomic mass is 35.5. The Balaban J connectivity index is 3.25. The SMILES string of the molecule is COc1c(C)cc(C)cc1Cl. The van der Waals surface area contributed by atoms with Crippen molar-refractivity contribution in [2.45, 2.75) is 13.8 Å². The fraction of sp³-hybridized carbons (Fsp3) is 0.333. The maximum absolute atomic E-state index is 5.91. The number of benzene rings is 1. The Morgan fingerprint density at radius 3 is 2.36 bits per heavy atom. The van der Waals surface area contributed by atoms with Crippen LogP contribution in [0.15, 0.2) is 12.1 Å². The third kappa shape index (κ3) is 1.66. The van der Waals surface area contributed by atoms with Crippen LogP contribution in [0.4, 0.5) is 0 Å². The van der Waals surface area contributed by atoms with Gasteiger partial charge in [0.1, 0.15) is 5.75 Å². The molecule has 0 saturated heterocycles. The van der Waals surface area contributed by atoms with Crippen LogP contribution in [0, 0.1) is 13.8 Å². The minimum absolute atomic E-state index is 0.685. The van der Waals surface area contributed by atoms with Crippen molar-refractivity contribution < 1.29 is 4.74 Å². The summed E-state index contributed by atoms with van der Waals surface area (Å²) in [6.45, 7) is 4.00. The second-order valence-electron chi connectivity index (χ2n) is 2.60. The van der Waals surface area contributed by atoms with E-state index in [0.29, 0.717) is 5.02 Å². The summed E-state index contributed by atoms with van der Waals surface area (Å²) in [5, 5.41) is 0.685. The molecule has 1 aromatic rings. The Kier molecular flexibility index (Phi) is 2.40. The first-order valence-electron chi connectivity index (χ1n) is 3.46. The minimum atomic E-state index is 0.685. The zero-order chi connectivity index (χ0) is 8.43. The Morgan fingerprint density at radius 2 is 1.91 bits per heavy atom. The maximum atomic E-state index is 5.91. The van der Waals surface area contributed by atoms with Gasteiger partial charge in [0.15, 0.2) is 0 Å². The first-order valence-corrected chi connectivity index (χ1v) is 3.83. The summed E-state index contributed by atoms with van der Waals surface area (Å²) in [7, 11) is 1.63. The lowest BCUT2D eigenvalue weighted by molar-refractivity contribution is 0.412. The van der Waals surface area contributed by atoms with Gasteiger partial charge in [-0.2, -0.15) is 0 Å². The quantitative estimate of drug-likeness (QED) is 0.630. The molecule has 0 spiro atoms. The highest BCUT2D eigenvalue weighted by Crippen LogP contribution is 2.28. The molecule has 0 fully saturated rings. The minimum Gasteiger partial charge on any atom is -0.495 e. The van der Waals surface area contributed by atoms with Crippen molar-refractivity contribution in [2.75, 3.05) is 7.11 Å². The van der Waals surface area contributed by atoms with Gasteiger partial charge in [0.25, 0.3) is 0 Å². The topological polar surface area (TPSA) is 9.23 Å². The summed E-state index contributed by atoms with van der Waals surface area (Å²) in [6, 6.07) is 3.94. The summed E-state index contributed by atoms with van der Waals surface area (Å²) in [5.74, 6) is 0.775. The lowest BCUT2D eigenvalue weighted by Crippen LogP contribution is -1.88. The van der Waals surface area contributed by atoms with Crippen LogP contribution in [0.3, 0.4) is 0 Å². The standard InChI is InChI=1S/C9H11ClO/c1-6-4-7(2)9(11-3)8(10)5-6/h4-5H,1-3H3. The maximum Gasteiger partial charge on any atom is 0.140 e. The number of hydrogen-bond donors (Lipinski definition) is 0. The van der Waals surface area contributed by atoms with E-state index >= 15 is 0 Å². The molecular weight excluding hydrogens is 160 g/mol. The van der Waals surface area contributed by atoms with Crippen LogP contribution in [0.25, 0.3) is 0 Å². The van der Waals surface area contributed by atoms with Gasteiger partial charge in [-0.15, -0.1) is 0 Å². The predicted octanol–water partition coefficient (Wildman–Crippen LogP) is 2.97. The van der Waals surface area contributed by atoms with Gasteiger partial charge in [0.2, 0.25) is 0 Å². The Labute approximate surface area is 71.9 Å². The van der Waals surface area contributed by atoms with Crippen molar-refractivity contribution in [3.63, 3.8) is 0 Å². The molecule has 1 nitrogen and oxygen atoms in total. The van der Waals surface area contributed by atoms with E-state index < -0.39 is 0 Å². The number of rotatable bonds is 1. The lowest BCUT2D eigenvalue weighted by atomic mass is 10.1. The molecule has 0 aliphatic carbocycles. The molecule has 0 unspecified atom stereocenters. The molecule has 0 radical (unpaired) electrons. The van der Waals surface area contributed by atoms with Gasteiger partial charge in [-0.3, -0.25) is 0 Å². The van der Waals surface area contributed by atoms with Crippen LogP contribution in [0.2, 0.25) is 5.02 Å². The fourth-order valence-corrected chi connectivity index (χ4v) is 1.56. The molecular formula is C9H11ClO. The third-order valence-corrected chi connectivity index (χ3v) is 1.86. The summed E-state index contributed by atoms with van der Waals surface area (Å²) in [6.07, 6.45) is 0. The van der Waals surface area contributed by atoms with Gasteiger partial charge in [-0.25, -0.2) is 0 Å². The van der Waals surface area contributed by atoms with E-state index in [-0.39, 0.29) is 0 Å². The molecule has 0 saturated carbocycles. The molecule has 0 atom stereocenters. The Hall–Kier alpha value is -0.690. The van der Waals surface area contributed by atoms with Crippen molar-refractivity contribution in [2.24, 2.45) is 0 Å². The number of halogens is 1. The second-order valence-corrected chi connectivity index (χ2v) is 3.00. The highest BCUT2D eigenvalue weighted by Gasteiger charge is 2.03. The predicted molar refractivity (Wildman–Crippen MR) is 47.5 cm³/mol. The van der Waals surface area contributed by atoms with E-state index in [9.17, 15) is 0 Å². The average molecular weight is 171 g/mol. The number of hydrogen-bond acceptors (Lipinski definition) is 1. The smallest absolute Gasteiger partial charge is 0.140 e. The second kappa shape index (κ2) is 3.14. The van der Waals surface area contributed by atoms with E-state index in [4.69, 9.17) is 16.3 Å². The molecule has 60 valence electrons. The molecule has 1 aromatic carbocycles. The normalized spacial score (nSPS) is 9.82. The molecule has 0 aliphatic heterocycles. The van der Waals surface area contributed by atoms with Crippen LogP contribution in [0.1, 0.15) is 11.1 Å². The monoisotopic (exact) mass is 170 g/mol. The first-order chi connectivity index (χ1) is 5.15. The summed E-state index contributed by atoms with van der Waals surface area (Å²) >= 11 is 5.91. The molecule has 11 heavy (non-hydrogen) atoms. The van der Waals surface area contributed by atoms with Crippen molar-refractivity contribution in [1.29, 1.82) is 0 Å². The van der Waals surface area contributed by atoms with Crippen molar-refractivity contribution in [3.05, 3.63) is 28.3 Å². The summed E-state index contributed by atoms with van der Waals surface area (Å²) in [4.78, 5) is 0. The average Bonchev–Trinajstić information content (AvgIpc) is 1.85. The Bertz CT molecular complexity index is 245. The zero-order valence-electron chi connectivity index (χ0n) is 6.94. The van der Waals surface area contributed by atoms with Crippen molar-refractivity contribution in [3.8, 4) is 5.75 Å². The van der Waals surface area contributed by atoms with Gasteiger partial charge in [-0.1, -0.05) is 17.7 Å². The zero-order valence-corrected chi connectivity index (χ0v) is 7.70. The molecule has 0 N–H and O–H groups in total. The number of ether oxygens (including phenoxy) is 1. The van der Waals surface area contributed by atoms with E-state index in [0.717, 1.165) is 16.9 Å². The third-order valence-electron chi connectivity index (χ3n) is 1.58. The van der Waals surface area contributed by atoms with Gasteiger partial charge < -0.3 is 4.74 Å². The Morgan fingerprint density at radius 1 is 1.27 bits per heavy atom. The van der Waals surface area contributed by atoms with Gasteiger partial charge in [0, 0.05) is 0 Å². The molecule has 0 bridgehead atoms. The van der Waals surface area contributed by atoms with Crippen LogP contribution in [0.5, 0.6) is 5.75 Å². The number of methoxy groups -OCH3 is 1. The largest absolute Gasteiger partial charge is 0.495 e. The van der Waals surface area contributed by atoms with Gasteiger partial charge in [-0.05, 0) is 31.0 Å². The van der Waals surface area contributed by atoms with Crippen LogP contribution in [-0.4, -0.2) is 7.11 Å². The number of aryl methyl sites for hydroxylation is 2. The van der Waals surface area contributed by atoms with Crippen molar-refractivity contribution in [1.82, 2.24) is 0 Å². The molecule has 1 rings (SSSR count). The van der Waals surface area contributed by atoms with Crippen LogP contribution in [-0.2, 0) is 0 Å². The molecule has 0 amide bonds. The van der Waals surface area contributed by atoms with Crippen LogP contribution < -0.4 is 4.74 Å². The van der Waals surface area contributed by atoms with Crippen LogP contribution >= 0.6 is 11.6 Å².